The van der Waals surface area contributed by atoms with Crippen molar-refractivity contribution in [3.05, 3.63) is 10.4 Å². The molecule has 0 aromatic carbocycles. The number of nitrogens with zero attached hydrogens (tertiary/aromatic N) is 3. The third-order valence-corrected chi connectivity index (χ3v) is 1.59. The minimum absolute atomic E-state index is 0.0669. The van der Waals surface area contributed by atoms with Crippen LogP contribution in [0.1, 0.15) is 0 Å². The zero-order chi connectivity index (χ0) is 12.8. The van der Waals surface area contributed by atoms with Gasteiger partial charge in [-0.05, 0) is 5.53 Å². The van der Waals surface area contributed by atoms with Crippen LogP contribution < -0.4 is 0 Å². The van der Waals surface area contributed by atoms with Crippen LogP contribution in [0.15, 0.2) is 5.11 Å². The molecular formula is C8H16BN3O5. The van der Waals surface area contributed by atoms with E-state index in [1.807, 2.05) is 0 Å². The van der Waals surface area contributed by atoms with Gasteiger partial charge in [0.15, 0.2) is 0 Å². The Balaban J connectivity index is 3.03. The van der Waals surface area contributed by atoms with E-state index in [9.17, 15) is 4.79 Å². The molecule has 0 heterocycles. The fourth-order valence-corrected chi connectivity index (χ4v) is 0.804. The van der Waals surface area contributed by atoms with Gasteiger partial charge < -0.3 is 18.9 Å². The molecule has 0 spiro atoms. The first kappa shape index (κ1) is 15.7. The molecule has 0 aromatic rings. The highest BCUT2D eigenvalue weighted by atomic mass is 16.6. The van der Waals surface area contributed by atoms with Gasteiger partial charge in [0.1, 0.15) is 6.61 Å². The predicted molar refractivity (Wildman–Crippen MR) is 61.1 cm³/mol. The van der Waals surface area contributed by atoms with E-state index in [1.54, 1.807) is 0 Å². The topological polar surface area (TPSA) is 103 Å². The summed E-state index contributed by atoms with van der Waals surface area (Å²) in [6.07, 6.45) is 0. The molecule has 0 fully saturated rings. The molecule has 0 saturated heterocycles. The number of hydrogen-bond acceptors (Lipinski definition) is 6. The van der Waals surface area contributed by atoms with Gasteiger partial charge in [-0.1, -0.05) is 5.11 Å². The summed E-state index contributed by atoms with van der Waals surface area (Å²) in [5.74, 6) is -0.411. The molecule has 0 unspecified atom stereocenters. The Kier molecular flexibility index (Phi) is 11.8. The molecule has 0 aliphatic rings. The SMILES string of the molecule is BOC(=O)COCCOCCOCCN=[N+]=[N-]. The molecular weight excluding hydrogens is 229 g/mol. The summed E-state index contributed by atoms with van der Waals surface area (Å²) in [5.41, 5.74) is 7.98. The van der Waals surface area contributed by atoms with Crippen molar-refractivity contribution >= 4 is 14.0 Å². The lowest BCUT2D eigenvalue weighted by molar-refractivity contribution is -0.139. The highest BCUT2D eigenvalue weighted by Gasteiger charge is 1.98. The summed E-state index contributed by atoms with van der Waals surface area (Å²) in [4.78, 5) is 13.2. The molecule has 9 heteroatoms. The number of azide groups is 1. The first-order chi connectivity index (χ1) is 8.31. The van der Waals surface area contributed by atoms with E-state index in [4.69, 9.17) is 19.7 Å². The van der Waals surface area contributed by atoms with Crippen molar-refractivity contribution in [2.45, 2.75) is 0 Å². The van der Waals surface area contributed by atoms with Gasteiger partial charge >= 0.3 is 14.0 Å². The van der Waals surface area contributed by atoms with Gasteiger partial charge in [0, 0.05) is 11.5 Å². The van der Waals surface area contributed by atoms with Crippen molar-refractivity contribution in [1.29, 1.82) is 0 Å². The van der Waals surface area contributed by atoms with E-state index in [1.165, 1.54) is 8.05 Å². The Morgan fingerprint density at radius 1 is 1.12 bits per heavy atom. The summed E-state index contributed by atoms with van der Waals surface area (Å²) in [6.45, 7) is 2.20. The quantitative estimate of drug-likeness (QED) is 0.159. The van der Waals surface area contributed by atoms with Crippen LogP contribution in [0.4, 0.5) is 0 Å². The molecule has 8 nitrogen and oxygen atoms in total. The van der Waals surface area contributed by atoms with E-state index < -0.39 is 5.97 Å². The molecule has 0 rings (SSSR count). The Hall–Kier alpha value is -1.28. The maximum Gasteiger partial charge on any atom is 0.326 e. The lowest BCUT2D eigenvalue weighted by Gasteiger charge is -2.05. The minimum atomic E-state index is -0.411. The molecule has 0 aliphatic heterocycles. The molecule has 0 saturated carbocycles. The average molecular weight is 245 g/mol. The summed E-state index contributed by atoms with van der Waals surface area (Å²) in [7, 11) is 1.30. The third kappa shape index (κ3) is 12.7. The zero-order valence-corrected chi connectivity index (χ0v) is 9.83. The molecule has 0 N–H and O–H groups in total. The highest BCUT2D eigenvalue weighted by Crippen LogP contribution is 1.83. The van der Waals surface area contributed by atoms with Gasteiger partial charge in [-0.15, -0.1) is 0 Å². The van der Waals surface area contributed by atoms with Gasteiger partial charge in [-0.25, -0.2) is 0 Å². The van der Waals surface area contributed by atoms with Gasteiger partial charge in [0.2, 0.25) is 0 Å². The second kappa shape index (κ2) is 12.8. The first-order valence-corrected chi connectivity index (χ1v) is 5.12. The van der Waals surface area contributed by atoms with Crippen molar-refractivity contribution < 1.29 is 23.7 Å². The maximum atomic E-state index is 10.6. The lowest BCUT2D eigenvalue weighted by atomic mass is 10.5. The molecule has 96 valence electrons. The normalized spacial score (nSPS) is 9.65. The minimum Gasteiger partial charge on any atom is -0.542 e. The van der Waals surface area contributed by atoms with E-state index in [0.29, 0.717) is 39.6 Å². The molecule has 0 aromatic heterocycles. The molecule has 0 radical (unpaired) electrons. The van der Waals surface area contributed by atoms with E-state index in [-0.39, 0.29) is 6.61 Å². The second-order valence-electron chi connectivity index (χ2n) is 2.81. The Labute approximate surface area is 100 Å². The van der Waals surface area contributed by atoms with Gasteiger partial charge in [-0.3, -0.25) is 4.79 Å². The standard InChI is InChI=1S/C8H16BN3O5/c9-17-8(13)7-16-6-5-15-4-3-14-2-1-11-12-10/h1-7,9H2. The molecule has 0 bridgehead atoms. The molecule has 0 atom stereocenters. The van der Waals surface area contributed by atoms with Crippen molar-refractivity contribution in [1.82, 2.24) is 0 Å². The number of carbonyl (C=O) groups is 1. The summed E-state index contributed by atoms with van der Waals surface area (Å²) in [5, 5.41) is 3.31. The summed E-state index contributed by atoms with van der Waals surface area (Å²) < 4.78 is 19.6. The number of ether oxygens (including phenoxy) is 3. The predicted octanol–water partition coefficient (Wildman–Crippen LogP) is -0.562. The van der Waals surface area contributed by atoms with Crippen molar-refractivity contribution in [2.75, 3.05) is 46.2 Å². The second-order valence-corrected chi connectivity index (χ2v) is 2.81. The van der Waals surface area contributed by atoms with E-state index >= 15 is 0 Å². The van der Waals surface area contributed by atoms with Crippen LogP contribution >= 0.6 is 0 Å². The lowest BCUT2D eigenvalue weighted by Crippen LogP contribution is -2.15. The monoisotopic (exact) mass is 245 g/mol. The van der Waals surface area contributed by atoms with Crippen molar-refractivity contribution in [2.24, 2.45) is 5.11 Å². The summed E-state index contributed by atoms with van der Waals surface area (Å²) in [6, 6.07) is 0. The van der Waals surface area contributed by atoms with Crippen LogP contribution in [-0.2, 0) is 23.7 Å². The fraction of sp³-hybridized carbons (Fsp3) is 0.875. The van der Waals surface area contributed by atoms with E-state index in [0.717, 1.165) is 0 Å². The zero-order valence-electron chi connectivity index (χ0n) is 9.83. The number of carbonyl (C=O) groups excluding carboxylic acids is 1. The van der Waals surface area contributed by atoms with Crippen LogP contribution in [0.25, 0.3) is 10.4 Å². The summed E-state index contributed by atoms with van der Waals surface area (Å²) >= 11 is 0. The Morgan fingerprint density at radius 2 is 1.71 bits per heavy atom. The van der Waals surface area contributed by atoms with Gasteiger partial charge in [0.25, 0.3) is 0 Å². The molecule has 17 heavy (non-hydrogen) atoms. The fourth-order valence-electron chi connectivity index (χ4n) is 0.804. The van der Waals surface area contributed by atoms with Crippen LogP contribution in [0.2, 0.25) is 0 Å². The van der Waals surface area contributed by atoms with Crippen molar-refractivity contribution in [3.63, 3.8) is 0 Å². The Bertz CT molecular complexity index is 247. The molecule has 0 amide bonds. The van der Waals surface area contributed by atoms with Gasteiger partial charge in [-0.2, -0.15) is 0 Å². The number of hydrogen-bond donors (Lipinski definition) is 0. The first-order valence-electron chi connectivity index (χ1n) is 5.12. The number of rotatable bonds is 11. The van der Waals surface area contributed by atoms with Gasteiger partial charge in [0.05, 0.1) is 33.0 Å². The third-order valence-electron chi connectivity index (χ3n) is 1.59. The van der Waals surface area contributed by atoms with Crippen LogP contribution in [-0.4, -0.2) is 60.2 Å². The maximum absolute atomic E-state index is 10.6. The largest absolute Gasteiger partial charge is 0.542 e. The smallest absolute Gasteiger partial charge is 0.326 e. The van der Waals surface area contributed by atoms with Crippen LogP contribution in [0.5, 0.6) is 0 Å². The average Bonchev–Trinajstić information content (AvgIpc) is 2.35. The Morgan fingerprint density at radius 3 is 2.29 bits per heavy atom. The van der Waals surface area contributed by atoms with E-state index in [2.05, 4.69) is 14.7 Å². The van der Waals surface area contributed by atoms with Crippen LogP contribution in [0, 0.1) is 0 Å². The highest BCUT2D eigenvalue weighted by molar-refractivity contribution is 6.05. The molecule has 0 aliphatic carbocycles. The van der Waals surface area contributed by atoms with Crippen molar-refractivity contribution in [3.8, 4) is 0 Å². The van der Waals surface area contributed by atoms with Crippen LogP contribution in [0.3, 0.4) is 0 Å².